The summed E-state index contributed by atoms with van der Waals surface area (Å²) < 4.78 is 6.40. The van der Waals surface area contributed by atoms with Gasteiger partial charge >= 0.3 is 0 Å². The van der Waals surface area contributed by atoms with Gasteiger partial charge in [-0.05, 0) is 64.9 Å². The molecule has 0 atom stereocenters. The zero-order chi connectivity index (χ0) is 17.4. The number of hydrogen-bond donors (Lipinski definition) is 2. The van der Waals surface area contributed by atoms with Crippen LogP contribution in [0, 0.1) is 0 Å². The van der Waals surface area contributed by atoms with Gasteiger partial charge in [-0.25, -0.2) is 0 Å². The van der Waals surface area contributed by atoms with Gasteiger partial charge in [0.25, 0.3) is 5.91 Å². The molecule has 0 bridgehead atoms. The summed E-state index contributed by atoms with van der Waals surface area (Å²) in [6.45, 7) is 2.77. The Kier molecular flexibility index (Phi) is 7.21. The molecule has 6 heteroatoms. The third-order valence-electron chi connectivity index (χ3n) is 3.21. The maximum absolute atomic E-state index is 12.3. The van der Waals surface area contributed by atoms with E-state index in [-0.39, 0.29) is 11.0 Å². The summed E-state index contributed by atoms with van der Waals surface area (Å²) in [5.41, 5.74) is 1.32. The predicted molar refractivity (Wildman–Crippen MR) is 105 cm³/mol. The number of nitrogens with one attached hydrogen (secondary N) is 2. The number of para-hydroxylation sites is 1. The Morgan fingerprint density at radius 2 is 1.96 bits per heavy atom. The molecule has 0 aliphatic carbocycles. The first-order valence-corrected chi connectivity index (χ1v) is 8.90. The summed E-state index contributed by atoms with van der Waals surface area (Å²) in [4.78, 5) is 12.3. The van der Waals surface area contributed by atoms with Crippen molar-refractivity contribution in [2.24, 2.45) is 0 Å². The molecule has 2 rings (SSSR count). The van der Waals surface area contributed by atoms with Gasteiger partial charge in [0.1, 0.15) is 5.75 Å². The van der Waals surface area contributed by atoms with Crippen molar-refractivity contribution in [2.75, 3.05) is 11.9 Å². The van der Waals surface area contributed by atoms with E-state index in [9.17, 15) is 4.79 Å². The van der Waals surface area contributed by atoms with Crippen LogP contribution in [-0.4, -0.2) is 17.6 Å². The van der Waals surface area contributed by atoms with Crippen LogP contribution in [0.2, 0.25) is 0 Å². The molecule has 2 aromatic rings. The van der Waals surface area contributed by atoms with Gasteiger partial charge in [-0.1, -0.05) is 31.5 Å². The van der Waals surface area contributed by atoms with Gasteiger partial charge in [-0.15, -0.1) is 0 Å². The summed E-state index contributed by atoms with van der Waals surface area (Å²) in [5.74, 6) is 0.453. The fourth-order valence-corrected chi connectivity index (χ4v) is 2.65. The molecule has 0 fully saturated rings. The molecule has 126 valence electrons. The molecule has 0 aliphatic rings. The number of benzene rings is 2. The second-order valence-corrected chi connectivity index (χ2v) is 6.38. The summed E-state index contributed by atoms with van der Waals surface area (Å²) in [7, 11) is 0. The lowest BCUT2D eigenvalue weighted by Crippen LogP contribution is -2.34. The maximum atomic E-state index is 12.3. The lowest BCUT2D eigenvalue weighted by Gasteiger charge is -2.11. The molecule has 24 heavy (non-hydrogen) atoms. The van der Waals surface area contributed by atoms with E-state index in [0.717, 1.165) is 28.8 Å². The molecule has 0 radical (unpaired) electrons. The van der Waals surface area contributed by atoms with Crippen LogP contribution in [0.5, 0.6) is 5.75 Å². The van der Waals surface area contributed by atoms with Crippen molar-refractivity contribution >= 4 is 44.9 Å². The van der Waals surface area contributed by atoms with Gasteiger partial charge in [0.15, 0.2) is 5.11 Å². The number of ether oxygens (including phenoxy) is 1. The van der Waals surface area contributed by atoms with Crippen LogP contribution < -0.4 is 15.4 Å². The van der Waals surface area contributed by atoms with Crippen LogP contribution in [0.25, 0.3) is 0 Å². The first kappa shape index (κ1) is 18.4. The highest BCUT2D eigenvalue weighted by Crippen LogP contribution is 2.26. The largest absolute Gasteiger partial charge is 0.492 e. The number of carbonyl (C=O) groups excluding carboxylic acids is 1. The fraction of sp³-hybridized carbons (Fsp3) is 0.222. The van der Waals surface area contributed by atoms with Crippen LogP contribution in [0.1, 0.15) is 30.1 Å². The molecule has 0 spiro atoms. The monoisotopic (exact) mass is 406 g/mol. The fourth-order valence-electron chi connectivity index (χ4n) is 1.94. The minimum Gasteiger partial charge on any atom is -0.492 e. The minimum atomic E-state index is -0.274. The van der Waals surface area contributed by atoms with Crippen LogP contribution in [0.4, 0.5) is 5.69 Å². The number of hydrogen-bond acceptors (Lipinski definition) is 3. The highest BCUT2D eigenvalue weighted by atomic mass is 79.9. The van der Waals surface area contributed by atoms with Crippen LogP contribution in [-0.2, 0) is 0 Å². The minimum absolute atomic E-state index is 0.255. The molecule has 4 nitrogen and oxygen atoms in total. The second-order valence-electron chi connectivity index (χ2n) is 5.12. The molecule has 0 saturated heterocycles. The molecule has 0 unspecified atom stereocenters. The molecule has 0 heterocycles. The third kappa shape index (κ3) is 5.62. The Labute approximate surface area is 155 Å². The SMILES string of the molecule is CCCCOc1ccc(C(=O)NC(=S)Nc2ccccc2)cc1Br. The summed E-state index contributed by atoms with van der Waals surface area (Å²) in [6, 6.07) is 14.7. The van der Waals surface area contributed by atoms with Crippen molar-refractivity contribution < 1.29 is 9.53 Å². The number of unbranched alkanes of at least 4 members (excludes halogenated alkanes) is 1. The Morgan fingerprint density at radius 3 is 2.62 bits per heavy atom. The molecular formula is C18H19BrN2O2S. The third-order valence-corrected chi connectivity index (χ3v) is 4.03. The number of anilines is 1. The van der Waals surface area contributed by atoms with Crippen LogP contribution >= 0.6 is 28.1 Å². The van der Waals surface area contributed by atoms with E-state index in [1.54, 1.807) is 18.2 Å². The van der Waals surface area contributed by atoms with Gasteiger partial charge < -0.3 is 10.1 Å². The van der Waals surface area contributed by atoms with E-state index in [2.05, 4.69) is 33.5 Å². The average Bonchev–Trinajstić information content (AvgIpc) is 2.57. The van der Waals surface area contributed by atoms with E-state index in [1.165, 1.54) is 0 Å². The quantitative estimate of drug-likeness (QED) is 0.536. The van der Waals surface area contributed by atoms with Crippen molar-refractivity contribution in [1.29, 1.82) is 0 Å². The van der Waals surface area contributed by atoms with Crippen molar-refractivity contribution in [1.82, 2.24) is 5.32 Å². The highest BCUT2D eigenvalue weighted by molar-refractivity contribution is 9.10. The predicted octanol–water partition coefficient (Wildman–Crippen LogP) is 4.75. The van der Waals surface area contributed by atoms with Crippen LogP contribution in [0.3, 0.4) is 0 Å². The number of halogens is 1. The maximum Gasteiger partial charge on any atom is 0.257 e. The molecule has 0 aromatic heterocycles. The molecule has 2 aromatic carbocycles. The Bertz CT molecular complexity index is 707. The second kappa shape index (κ2) is 9.39. The molecule has 1 amide bonds. The summed E-state index contributed by atoms with van der Waals surface area (Å²) >= 11 is 8.60. The smallest absolute Gasteiger partial charge is 0.257 e. The Morgan fingerprint density at radius 1 is 1.21 bits per heavy atom. The van der Waals surface area contributed by atoms with E-state index < -0.39 is 0 Å². The van der Waals surface area contributed by atoms with Gasteiger partial charge in [0, 0.05) is 11.3 Å². The lowest BCUT2D eigenvalue weighted by atomic mass is 10.2. The van der Waals surface area contributed by atoms with Crippen molar-refractivity contribution in [3.8, 4) is 5.75 Å². The van der Waals surface area contributed by atoms with E-state index in [1.807, 2.05) is 30.3 Å². The van der Waals surface area contributed by atoms with Crippen molar-refractivity contribution in [3.05, 3.63) is 58.6 Å². The Balaban J connectivity index is 1.94. The van der Waals surface area contributed by atoms with Crippen molar-refractivity contribution in [2.45, 2.75) is 19.8 Å². The Hall–Kier alpha value is -1.92. The molecular weight excluding hydrogens is 388 g/mol. The number of rotatable bonds is 6. The van der Waals surface area contributed by atoms with Gasteiger partial charge in [0.05, 0.1) is 11.1 Å². The topological polar surface area (TPSA) is 50.4 Å². The zero-order valence-electron chi connectivity index (χ0n) is 13.3. The van der Waals surface area contributed by atoms with Gasteiger partial charge in [-0.2, -0.15) is 0 Å². The van der Waals surface area contributed by atoms with Gasteiger partial charge in [0.2, 0.25) is 0 Å². The molecule has 0 saturated carbocycles. The van der Waals surface area contributed by atoms with Gasteiger partial charge in [-0.3, -0.25) is 10.1 Å². The highest BCUT2D eigenvalue weighted by Gasteiger charge is 2.11. The van der Waals surface area contributed by atoms with Crippen molar-refractivity contribution in [3.63, 3.8) is 0 Å². The van der Waals surface area contributed by atoms with E-state index in [4.69, 9.17) is 17.0 Å². The molecule has 0 aliphatic heterocycles. The number of amides is 1. The van der Waals surface area contributed by atoms with Crippen LogP contribution in [0.15, 0.2) is 53.0 Å². The summed E-state index contributed by atoms with van der Waals surface area (Å²) in [5, 5.41) is 5.88. The standard InChI is InChI=1S/C18H19BrN2O2S/c1-2-3-11-23-16-10-9-13(12-15(16)19)17(22)21-18(24)20-14-7-5-4-6-8-14/h4-10,12H,2-3,11H2,1H3,(H2,20,21,22,24). The van der Waals surface area contributed by atoms with E-state index in [0.29, 0.717) is 12.2 Å². The zero-order valence-corrected chi connectivity index (χ0v) is 15.7. The summed E-state index contributed by atoms with van der Waals surface area (Å²) in [6.07, 6.45) is 2.07. The van der Waals surface area contributed by atoms with E-state index >= 15 is 0 Å². The average molecular weight is 407 g/mol. The lowest BCUT2D eigenvalue weighted by molar-refractivity contribution is 0.0977. The molecule has 2 N–H and O–H groups in total. The number of carbonyl (C=O) groups is 1. The normalized spacial score (nSPS) is 10.1. The first-order valence-electron chi connectivity index (χ1n) is 7.70. The number of thiocarbonyl (C=S) groups is 1. The first-order chi connectivity index (χ1) is 11.6.